The van der Waals surface area contributed by atoms with Crippen molar-refractivity contribution in [3.63, 3.8) is 0 Å². The largest absolute Gasteiger partial charge is 0.378 e. The maximum absolute atomic E-state index is 13.6. The predicted octanol–water partition coefficient (Wildman–Crippen LogP) is 3.52. The first kappa shape index (κ1) is 12.5. The van der Waals surface area contributed by atoms with Crippen molar-refractivity contribution in [1.29, 1.82) is 0 Å². The molecule has 1 N–H and O–H groups in total. The summed E-state index contributed by atoms with van der Waals surface area (Å²) in [5, 5.41) is 3.65. The summed E-state index contributed by atoms with van der Waals surface area (Å²) in [5.74, 6) is -0.779. The lowest BCUT2D eigenvalue weighted by molar-refractivity contribution is 0.623. The minimum Gasteiger partial charge on any atom is -0.378 e. The average molecular weight is 271 g/mol. The Kier molecular flexibility index (Phi) is 3.25. The fourth-order valence-corrected chi connectivity index (χ4v) is 2.07. The van der Waals surface area contributed by atoms with E-state index in [0.717, 1.165) is 11.6 Å². The standard InChI is InChI=1S/C15H11F2N3/c16-12-6-10-2-1-4-19-15(10)11(7-12)8-20-14-3-5-18-9-13(14)17/h1-7,9H,8H2,(H,18,20). The van der Waals surface area contributed by atoms with Gasteiger partial charge in [-0.25, -0.2) is 8.78 Å². The summed E-state index contributed by atoms with van der Waals surface area (Å²) < 4.78 is 27.0. The average Bonchev–Trinajstić information content (AvgIpc) is 2.46. The van der Waals surface area contributed by atoms with Gasteiger partial charge in [0.2, 0.25) is 0 Å². The third-order valence-corrected chi connectivity index (χ3v) is 2.99. The second-order valence-corrected chi connectivity index (χ2v) is 4.35. The van der Waals surface area contributed by atoms with Crippen molar-refractivity contribution in [3.05, 3.63) is 66.1 Å². The van der Waals surface area contributed by atoms with E-state index >= 15 is 0 Å². The van der Waals surface area contributed by atoms with Crippen LogP contribution >= 0.6 is 0 Å². The Labute approximate surface area is 114 Å². The summed E-state index contributed by atoms with van der Waals surface area (Å²) >= 11 is 0. The second kappa shape index (κ2) is 5.21. The predicted molar refractivity (Wildman–Crippen MR) is 73.2 cm³/mol. The van der Waals surface area contributed by atoms with Gasteiger partial charge in [0.1, 0.15) is 5.82 Å². The fourth-order valence-electron chi connectivity index (χ4n) is 2.07. The minimum absolute atomic E-state index is 0.284. The molecule has 3 aromatic rings. The van der Waals surface area contributed by atoms with Crippen LogP contribution in [0.1, 0.15) is 5.56 Å². The first-order chi connectivity index (χ1) is 9.74. The zero-order chi connectivity index (χ0) is 13.9. The summed E-state index contributed by atoms with van der Waals surface area (Å²) in [6.45, 7) is 0.284. The Balaban J connectivity index is 1.93. The second-order valence-electron chi connectivity index (χ2n) is 4.35. The first-order valence-corrected chi connectivity index (χ1v) is 6.10. The Bertz CT molecular complexity index is 759. The van der Waals surface area contributed by atoms with Crippen LogP contribution in [0, 0.1) is 11.6 Å². The molecule has 3 nitrogen and oxygen atoms in total. The Morgan fingerprint density at radius 3 is 2.85 bits per heavy atom. The zero-order valence-corrected chi connectivity index (χ0v) is 10.5. The van der Waals surface area contributed by atoms with E-state index < -0.39 is 5.82 Å². The zero-order valence-electron chi connectivity index (χ0n) is 10.5. The summed E-state index contributed by atoms with van der Waals surface area (Å²) in [4.78, 5) is 7.92. The van der Waals surface area contributed by atoms with Crippen LogP contribution in [0.5, 0.6) is 0 Å². The van der Waals surface area contributed by atoms with Crippen molar-refractivity contribution >= 4 is 16.6 Å². The Morgan fingerprint density at radius 1 is 1.10 bits per heavy atom. The number of hydrogen-bond acceptors (Lipinski definition) is 3. The molecule has 100 valence electrons. The number of pyridine rings is 2. The Hall–Kier alpha value is -2.56. The van der Waals surface area contributed by atoms with Crippen LogP contribution < -0.4 is 5.32 Å². The molecule has 5 heteroatoms. The van der Waals surface area contributed by atoms with Gasteiger partial charge in [0.15, 0.2) is 5.82 Å². The molecule has 0 aliphatic heterocycles. The highest BCUT2D eigenvalue weighted by atomic mass is 19.1. The molecule has 0 unspecified atom stereocenters. The van der Waals surface area contributed by atoms with Crippen LogP contribution in [0.4, 0.5) is 14.5 Å². The highest BCUT2D eigenvalue weighted by Gasteiger charge is 2.06. The van der Waals surface area contributed by atoms with Crippen molar-refractivity contribution in [3.8, 4) is 0 Å². The van der Waals surface area contributed by atoms with Crippen LogP contribution in [0.3, 0.4) is 0 Å². The topological polar surface area (TPSA) is 37.8 Å². The van der Waals surface area contributed by atoms with Crippen LogP contribution in [0.25, 0.3) is 10.9 Å². The number of halogens is 2. The van der Waals surface area contributed by atoms with Gasteiger partial charge in [0.25, 0.3) is 0 Å². The van der Waals surface area contributed by atoms with E-state index in [0.29, 0.717) is 16.8 Å². The number of rotatable bonds is 3. The van der Waals surface area contributed by atoms with E-state index in [2.05, 4.69) is 15.3 Å². The molecule has 0 saturated heterocycles. The Morgan fingerprint density at radius 2 is 2.00 bits per heavy atom. The minimum atomic E-state index is -0.443. The van der Waals surface area contributed by atoms with E-state index in [1.54, 1.807) is 18.3 Å². The molecule has 0 radical (unpaired) electrons. The van der Waals surface area contributed by atoms with Crippen molar-refractivity contribution in [1.82, 2.24) is 9.97 Å². The van der Waals surface area contributed by atoms with Gasteiger partial charge in [-0.2, -0.15) is 0 Å². The molecule has 0 fully saturated rings. The molecule has 0 atom stereocenters. The summed E-state index contributed by atoms with van der Waals surface area (Å²) in [5.41, 5.74) is 1.71. The number of fused-ring (bicyclic) bond motifs is 1. The maximum atomic E-state index is 13.6. The monoisotopic (exact) mass is 271 g/mol. The van der Waals surface area contributed by atoms with E-state index in [-0.39, 0.29) is 12.4 Å². The van der Waals surface area contributed by atoms with Crippen molar-refractivity contribution in [2.24, 2.45) is 0 Å². The van der Waals surface area contributed by atoms with Gasteiger partial charge in [-0.1, -0.05) is 6.07 Å². The van der Waals surface area contributed by atoms with Crippen molar-refractivity contribution in [2.75, 3.05) is 5.32 Å². The van der Waals surface area contributed by atoms with Gasteiger partial charge in [0.05, 0.1) is 17.4 Å². The molecule has 0 bridgehead atoms. The van der Waals surface area contributed by atoms with Gasteiger partial charge in [-0.15, -0.1) is 0 Å². The molecular formula is C15H11F2N3. The van der Waals surface area contributed by atoms with Crippen LogP contribution in [-0.2, 0) is 6.54 Å². The van der Waals surface area contributed by atoms with E-state index in [9.17, 15) is 8.78 Å². The first-order valence-electron chi connectivity index (χ1n) is 6.10. The SMILES string of the molecule is Fc1cc(CNc2ccncc2F)c2ncccc2c1. The molecule has 2 aromatic heterocycles. The fraction of sp³-hybridized carbons (Fsp3) is 0.0667. The third kappa shape index (κ3) is 2.42. The summed E-state index contributed by atoms with van der Waals surface area (Å²) in [6.07, 6.45) is 4.27. The van der Waals surface area contributed by atoms with Gasteiger partial charge in [0, 0.05) is 29.9 Å². The smallest absolute Gasteiger partial charge is 0.164 e. The molecule has 1 aromatic carbocycles. The molecule has 3 rings (SSSR count). The lowest BCUT2D eigenvalue weighted by Crippen LogP contribution is -2.03. The summed E-state index contributed by atoms with van der Waals surface area (Å²) in [6, 6.07) is 7.91. The number of hydrogen-bond donors (Lipinski definition) is 1. The molecular weight excluding hydrogens is 260 g/mol. The quantitative estimate of drug-likeness (QED) is 0.792. The van der Waals surface area contributed by atoms with Crippen LogP contribution in [-0.4, -0.2) is 9.97 Å². The van der Waals surface area contributed by atoms with E-state index in [1.165, 1.54) is 24.4 Å². The van der Waals surface area contributed by atoms with Crippen LogP contribution in [0.15, 0.2) is 48.9 Å². The van der Waals surface area contributed by atoms with Crippen LogP contribution in [0.2, 0.25) is 0 Å². The van der Waals surface area contributed by atoms with Gasteiger partial charge in [-0.3, -0.25) is 9.97 Å². The molecule has 0 aliphatic rings. The summed E-state index contributed by atoms with van der Waals surface area (Å²) in [7, 11) is 0. The normalized spacial score (nSPS) is 10.7. The van der Waals surface area contributed by atoms with Gasteiger partial charge in [-0.05, 0) is 24.3 Å². The lowest BCUT2D eigenvalue weighted by Gasteiger charge is -2.09. The molecule has 20 heavy (non-hydrogen) atoms. The number of nitrogens with one attached hydrogen (secondary N) is 1. The lowest BCUT2D eigenvalue weighted by atomic mass is 10.1. The molecule has 0 aliphatic carbocycles. The number of aromatic nitrogens is 2. The van der Waals surface area contributed by atoms with Gasteiger partial charge < -0.3 is 5.32 Å². The van der Waals surface area contributed by atoms with E-state index in [4.69, 9.17) is 0 Å². The number of nitrogens with zero attached hydrogens (tertiary/aromatic N) is 2. The molecule has 0 saturated carbocycles. The molecule has 0 amide bonds. The highest BCUT2D eigenvalue weighted by molar-refractivity contribution is 5.81. The molecule has 0 spiro atoms. The van der Waals surface area contributed by atoms with Gasteiger partial charge >= 0.3 is 0 Å². The maximum Gasteiger partial charge on any atom is 0.164 e. The number of benzene rings is 1. The van der Waals surface area contributed by atoms with E-state index in [1.807, 2.05) is 0 Å². The van der Waals surface area contributed by atoms with Crippen molar-refractivity contribution in [2.45, 2.75) is 6.54 Å². The highest BCUT2D eigenvalue weighted by Crippen LogP contribution is 2.20. The van der Waals surface area contributed by atoms with Crippen molar-refractivity contribution < 1.29 is 8.78 Å². The number of anilines is 1. The third-order valence-electron chi connectivity index (χ3n) is 2.99. The molecule has 2 heterocycles.